The van der Waals surface area contributed by atoms with Gasteiger partial charge in [0.05, 0.1) is 24.7 Å². The van der Waals surface area contributed by atoms with Crippen LogP contribution in [0.3, 0.4) is 0 Å². The maximum atomic E-state index is 5.57. The first kappa shape index (κ1) is 8.16. The molecule has 74 valence electrons. The number of fused-ring (bicyclic) bond motifs is 3. The smallest absolute Gasteiger partial charge is 0.220 e. The summed E-state index contributed by atoms with van der Waals surface area (Å²) in [4.78, 5) is 12.4. The molecule has 2 N–H and O–H groups in total. The Morgan fingerprint density at radius 3 is 3.27 bits per heavy atom. The summed E-state index contributed by atoms with van der Waals surface area (Å²) < 4.78 is 5.28. The Morgan fingerprint density at radius 1 is 1.40 bits per heavy atom. The first-order chi connectivity index (χ1) is 7.34. The van der Waals surface area contributed by atoms with Crippen LogP contribution in [-0.2, 0) is 6.54 Å². The standard InChI is InChI=1S/C10H8N4O/c11-10-13-4-6-3-12-5-8-7(1-2-15-8)9(6)14-10/h1-2,4-5H,3H2,(H2,11,13,14). The van der Waals surface area contributed by atoms with Crippen LogP contribution >= 0.6 is 0 Å². The molecule has 1 aliphatic rings. The summed E-state index contributed by atoms with van der Waals surface area (Å²) in [6.07, 6.45) is 5.02. The monoisotopic (exact) mass is 200 g/mol. The predicted octanol–water partition coefficient (Wildman–Crippen LogP) is 1.25. The highest BCUT2D eigenvalue weighted by atomic mass is 16.3. The lowest BCUT2D eigenvalue weighted by atomic mass is 10.1. The molecule has 2 aromatic rings. The number of hydrogen-bond acceptors (Lipinski definition) is 5. The van der Waals surface area contributed by atoms with Crippen molar-refractivity contribution in [2.24, 2.45) is 4.99 Å². The van der Waals surface area contributed by atoms with E-state index < -0.39 is 0 Å². The van der Waals surface area contributed by atoms with E-state index in [0.29, 0.717) is 12.3 Å². The Bertz CT molecular complexity index is 544. The van der Waals surface area contributed by atoms with Gasteiger partial charge in [-0.05, 0) is 6.07 Å². The molecule has 2 aromatic heterocycles. The molecule has 0 bridgehead atoms. The Hall–Kier alpha value is -2.17. The number of anilines is 1. The third-order valence-corrected chi connectivity index (χ3v) is 2.30. The van der Waals surface area contributed by atoms with Gasteiger partial charge < -0.3 is 10.2 Å². The largest absolute Gasteiger partial charge is 0.463 e. The number of nitrogens with zero attached hydrogens (tertiary/aromatic N) is 3. The molecule has 0 saturated heterocycles. The van der Waals surface area contributed by atoms with E-state index in [4.69, 9.17) is 10.2 Å². The minimum absolute atomic E-state index is 0.266. The van der Waals surface area contributed by atoms with Crippen molar-refractivity contribution in [3.63, 3.8) is 0 Å². The molecule has 3 heterocycles. The quantitative estimate of drug-likeness (QED) is 0.694. The van der Waals surface area contributed by atoms with Crippen molar-refractivity contribution >= 4 is 12.2 Å². The van der Waals surface area contributed by atoms with Crippen molar-refractivity contribution in [2.75, 3.05) is 5.73 Å². The normalized spacial score (nSPS) is 13.1. The van der Waals surface area contributed by atoms with Gasteiger partial charge in [-0.3, -0.25) is 4.99 Å². The second-order valence-corrected chi connectivity index (χ2v) is 3.27. The maximum Gasteiger partial charge on any atom is 0.220 e. The summed E-state index contributed by atoms with van der Waals surface area (Å²) >= 11 is 0. The Balaban J connectivity index is 2.32. The van der Waals surface area contributed by atoms with Crippen LogP contribution in [0.15, 0.2) is 27.9 Å². The van der Waals surface area contributed by atoms with Crippen LogP contribution in [0, 0.1) is 0 Å². The fraction of sp³-hybridized carbons (Fsp3) is 0.100. The van der Waals surface area contributed by atoms with E-state index in [1.54, 1.807) is 18.7 Å². The van der Waals surface area contributed by atoms with Gasteiger partial charge in [0, 0.05) is 17.3 Å². The number of hydrogen-bond donors (Lipinski definition) is 1. The van der Waals surface area contributed by atoms with E-state index in [2.05, 4.69) is 15.0 Å². The molecular weight excluding hydrogens is 192 g/mol. The lowest BCUT2D eigenvalue weighted by molar-refractivity contribution is 0.561. The molecule has 15 heavy (non-hydrogen) atoms. The average Bonchev–Trinajstić information content (AvgIpc) is 2.62. The second-order valence-electron chi connectivity index (χ2n) is 3.27. The minimum atomic E-state index is 0.266. The van der Waals surface area contributed by atoms with E-state index in [-0.39, 0.29) is 5.95 Å². The Labute approximate surface area is 85.7 Å². The minimum Gasteiger partial charge on any atom is -0.463 e. The van der Waals surface area contributed by atoms with Crippen molar-refractivity contribution in [1.82, 2.24) is 9.97 Å². The number of aromatic nitrogens is 2. The Morgan fingerprint density at radius 2 is 2.33 bits per heavy atom. The van der Waals surface area contributed by atoms with Crippen molar-refractivity contribution in [1.29, 1.82) is 0 Å². The lowest BCUT2D eigenvalue weighted by Gasteiger charge is -2.03. The van der Waals surface area contributed by atoms with Crippen molar-refractivity contribution in [3.8, 4) is 11.3 Å². The van der Waals surface area contributed by atoms with Crippen LogP contribution in [0.5, 0.6) is 0 Å². The molecule has 0 unspecified atom stereocenters. The van der Waals surface area contributed by atoms with Crippen LogP contribution in [0.25, 0.3) is 11.3 Å². The van der Waals surface area contributed by atoms with E-state index in [0.717, 1.165) is 16.8 Å². The van der Waals surface area contributed by atoms with Gasteiger partial charge in [-0.15, -0.1) is 0 Å². The first-order valence-corrected chi connectivity index (χ1v) is 4.53. The lowest BCUT2D eigenvalue weighted by Crippen LogP contribution is -1.99. The van der Waals surface area contributed by atoms with Crippen LogP contribution in [0.2, 0.25) is 0 Å². The molecule has 0 saturated carbocycles. The topological polar surface area (TPSA) is 77.3 Å². The van der Waals surface area contributed by atoms with Gasteiger partial charge in [0.15, 0.2) is 5.76 Å². The molecule has 0 aliphatic carbocycles. The van der Waals surface area contributed by atoms with Crippen LogP contribution in [0.4, 0.5) is 5.95 Å². The SMILES string of the molecule is Nc1ncc2c(n1)-c1ccoc1C=NC2. The summed E-state index contributed by atoms with van der Waals surface area (Å²) in [7, 11) is 0. The molecule has 0 atom stereocenters. The molecule has 5 heteroatoms. The molecule has 5 nitrogen and oxygen atoms in total. The van der Waals surface area contributed by atoms with Crippen LogP contribution < -0.4 is 5.73 Å². The molecule has 0 amide bonds. The average molecular weight is 200 g/mol. The molecule has 1 aliphatic heterocycles. The summed E-state index contributed by atoms with van der Waals surface area (Å²) in [5, 5.41) is 0. The number of nitrogens with two attached hydrogens (primary N) is 1. The zero-order valence-corrected chi connectivity index (χ0v) is 7.84. The van der Waals surface area contributed by atoms with Gasteiger partial charge in [0.1, 0.15) is 0 Å². The third kappa shape index (κ3) is 1.20. The summed E-state index contributed by atoms with van der Waals surface area (Å²) in [5.41, 5.74) is 8.25. The van der Waals surface area contributed by atoms with Gasteiger partial charge in [-0.25, -0.2) is 9.97 Å². The predicted molar refractivity (Wildman–Crippen MR) is 55.4 cm³/mol. The highest BCUT2D eigenvalue weighted by Gasteiger charge is 2.16. The van der Waals surface area contributed by atoms with Gasteiger partial charge in [-0.1, -0.05) is 0 Å². The zero-order chi connectivity index (χ0) is 10.3. The summed E-state index contributed by atoms with van der Waals surface area (Å²) in [5.74, 6) is 0.981. The van der Waals surface area contributed by atoms with E-state index >= 15 is 0 Å². The molecule has 0 spiro atoms. The summed E-state index contributed by atoms with van der Waals surface area (Å²) in [6, 6.07) is 1.86. The van der Waals surface area contributed by atoms with E-state index in [1.165, 1.54) is 0 Å². The van der Waals surface area contributed by atoms with Gasteiger partial charge in [0.2, 0.25) is 5.95 Å². The van der Waals surface area contributed by atoms with Gasteiger partial charge >= 0.3 is 0 Å². The van der Waals surface area contributed by atoms with Crippen LogP contribution in [0.1, 0.15) is 11.3 Å². The van der Waals surface area contributed by atoms with E-state index in [1.807, 2.05) is 6.07 Å². The molecule has 0 aromatic carbocycles. The van der Waals surface area contributed by atoms with Crippen LogP contribution in [-0.4, -0.2) is 16.2 Å². The number of rotatable bonds is 0. The van der Waals surface area contributed by atoms with E-state index in [9.17, 15) is 0 Å². The number of furan rings is 1. The maximum absolute atomic E-state index is 5.57. The summed E-state index contributed by atoms with van der Waals surface area (Å²) in [6.45, 7) is 0.555. The molecule has 0 fully saturated rings. The van der Waals surface area contributed by atoms with Crippen molar-refractivity contribution in [3.05, 3.63) is 29.9 Å². The number of nitrogen functional groups attached to an aromatic ring is 1. The first-order valence-electron chi connectivity index (χ1n) is 4.53. The zero-order valence-electron chi connectivity index (χ0n) is 7.84. The highest BCUT2D eigenvalue weighted by Crippen LogP contribution is 2.28. The fourth-order valence-corrected chi connectivity index (χ4v) is 1.61. The number of aliphatic imine (C=N–C) groups is 1. The highest BCUT2D eigenvalue weighted by molar-refractivity contribution is 5.88. The van der Waals surface area contributed by atoms with Crippen molar-refractivity contribution in [2.45, 2.75) is 6.54 Å². The molecule has 3 rings (SSSR count). The van der Waals surface area contributed by atoms with Crippen molar-refractivity contribution < 1.29 is 4.42 Å². The fourth-order valence-electron chi connectivity index (χ4n) is 1.61. The van der Waals surface area contributed by atoms with Gasteiger partial charge in [-0.2, -0.15) is 0 Å². The molecule has 0 radical (unpaired) electrons. The second kappa shape index (κ2) is 2.91. The third-order valence-electron chi connectivity index (χ3n) is 2.30. The Kier molecular flexibility index (Phi) is 1.58. The molecular formula is C10H8N4O. The van der Waals surface area contributed by atoms with Gasteiger partial charge in [0.25, 0.3) is 0 Å².